The van der Waals surface area contributed by atoms with Crippen LogP contribution >= 0.6 is 0 Å². The van der Waals surface area contributed by atoms with Crippen LogP contribution in [0.4, 0.5) is 0 Å². The zero-order valence-corrected chi connectivity index (χ0v) is 9.87. The summed E-state index contributed by atoms with van der Waals surface area (Å²) in [4.78, 5) is 15.2. The van der Waals surface area contributed by atoms with Crippen LogP contribution in [0.25, 0.3) is 11.0 Å². The molecule has 0 saturated carbocycles. The van der Waals surface area contributed by atoms with Gasteiger partial charge in [-0.05, 0) is 31.0 Å². The molecular weight excluding hydrogens is 232 g/mol. The number of benzene rings is 1. The molecule has 0 aliphatic carbocycles. The van der Waals surface area contributed by atoms with E-state index in [0.717, 1.165) is 30.5 Å². The Morgan fingerprint density at radius 2 is 2.39 bits per heavy atom. The Hall–Kier alpha value is -1.88. The van der Waals surface area contributed by atoms with Crippen molar-refractivity contribution < 1.29 is 14.6 Å². The van der Waals surface area contributed by atoms with Crippen molar-refractivity contribution in [3.8, 4) is 0 Å². The molecule has 1 saturated heterocycles. The number of carboxylic acids is 1. The minimum Gasteiger partial charge on any atom is -0.478 e. The van der Waals surface area contributed by atoms with Gasteiger partial charge in [-0.2, -0.15) is 0 Å². The Bertz CT molecular complexity index is 585. The standard InChI is InChI=1S/C13H14N2O3/c16-13(17)9-3-4-12-11(6-9)14-8-15(12)10-2-1-5-18-7-10/h3-4,6,8,10H,1-2,5,7H2,(H,16,17). The molecule has 5 nitrogen and oxygen atoms in total. The number of hydrogen-bond donors (Lipinski definition) is 1. The lowest BCUT2D eigenvalue weighted by atomic mass is 10.1. The van der Waals surface area contributed by atoms with Crippen LogP contribution in [0, 0.1) is 0 Å². The van der Waals surface area contributed by atoms with Crippen LogP contribution in [0.1, 0.15) is 29.2 Å². The highest BCUT2D eigenvalue weighted by atomic mass is 16.5. The zero-order valence-electron chi connectivity index (χ0n) is 9.87. The summed E-state index contributed by atoms with van der Waals surface area (Å²) < 4.78 is 7.56. The van der Waals surface area contributed by atoms with Gasteiger partial charge in [-0.15, -0.1) is 0 Å². The summed E-state index contributed by atoms with van der Waals surface area (Å²) in [7, 11) is 0. The Morgan fingerprint density at radius 3 is 3.11 bits per heavy atom. The molecule has 1 aromatic heterocycles. The van der Waals surface area contributed by atoms with Crippen LogP contribution in [0.15, 0.2) is 24.5 Å². The van der Waals surface area contributed by atoms with Crippen molar-refractivity contribution in [2.75, 3.05) is 13.2 Å². The lowest BCUT2D eigenvalue weighted by Gasteiger charge is -2.23. The molecular formula is C13H14N2O3. The molecule has 1 atom stereocenters. The summed E-state index contributed by atoms with van der Waals surface area (Å²) >= 11 is 0. The number of rotatable bonds is 2. The van der Waals surface area contributed by atoms with Crippen molar-refractivity contribution in [1.82, 2.24) is 9.55 Å². The van der Waals surface area contributed by atoms with Crippen LogP contribution in [0.3, 0.4) is 0 Å². The van der Waals surface area contributed by atoms with Crippen molar-refractivity contribution >= 4 is 17.0 Å². The van der Waals surface area contributed by atoms with E-state index < -0.39 is 5.97 Å². The maximum absolute atomic E-state index is 10.9. The predicted octanol–water partition coefficient (Wildman–Crippen LogP) is 2.09. The molecule has 1 aromatic carbocycles. The summed E-state index contributed by atoms with van der Waals surface area (Å²) in [6.45, 7) is 1.53. The second-order valence-corrected chi connectivity index (χ2v) is 4.53. The number of nitrogens with zero attached hydrogens (tertiary/aromatic N) is 2. The van der Waals surface area contributed by atoms with Crippen molar-refractivity contribution in [3.63, 3.8) is 0 Å². The van der Waals surface area contributed by atoms with Crippen LogP contribution in [0.2, 0.25) is 0 Å². The fraction of sp³-hybridized carbons (Fsp3) is 0.385. The number of ether oxygens (including phenoxy) is 1. The third kappa shape index (κ3) is 1.86. The molecule has 3 rings (SSSR count). The third-order valence-electron chi connectivity index (χ3n) is 3.35. The average Bonchev–Trinajstić information content (AvgIpc) is 2.82. The fourth-order valence-electron chi connectivity index (χ4n) is 2.40. The highest BCUT2D eigenvalue weighted by Crippen LogP contribution is 2.24. The highest BCUT2D eigenvalue weighted by molar-refractivity contribution is 5.92. The SMILES string of the molecule is O=C(O)c1ccc2c(c1)ncn2C1CCCOC1. The van der Waals surface area contributed by atoms with Crippen LogP contribution in [-0.4, -0.2) is 33.8 Å². The van der Waals surface area contributed by atoms with Crippen molar-refractivity contribution in [1.29, 1.82) is 0 Å². The minimum absolute atomic E-state index is 0.271. The first kappa shape index (κ1) is 11.2. The lowest BCUT2D eigenvalue weighted by molar-refractivity contribution is 0.0604. The predicted molar refractivity (Wildman–Crippen MR) is 65.8 cm³/mol. The topological polar surface area (TPSA) is 64.3 Å². The molecule has 1 N–H and O–H groups in total. The average molecular weight is 246 g/mol. The van der Waals surface area contributed by atoms with Crippen LogP contribution < -0.4 is 0 Å². The number of aromatic carboxylic acids is 1. The first-order valence-electron chi connectivity index (χ1n) is 6.03. The molecule has 2 aromatic rings. The molecule has 0 bridgehead atoms. The van der Waals surface area contributed by atoms with E-state index in [2.05, 4.69) is 9.55 Å². The zero-order chi connectivity index (χ0) is 12.5. The summed E-state index contributed by atoms with van der Waals surface area (Å²) in [5, 5.41) is 8.95. The second kappa shape index (κ2) is 4.42. The molecule has 1 unspecified atom stereocenters. The van der Waals surface area contributed by atoms with E-state index in [1.807, 2.05) is 6.07 Å². The highest BCUT2D eigenvalue weighted by Gasteiger charge is 2.18. The number of carboxylic acid groups (broad SMARTS) is 1. The van der Waals surface area contributed by atoms with Gasteiger partial charge >= 0.3 is 5.97 Å². The van der Waals surface area contributed by atoms with Gasteiger partial charge in [0, 0.05) is 6.61 Å². The maximum Gasteiger partial charge on any atom is 0.335 e. The monoisotopic (exact) mass is 246 g/mol. The van der Waals surface area contributed by atoms with Gasteiger partial charge in [0.1, 0.15) is 0 Å². The number of fused-ring (bicyclic) bond motifs is 1. The molecule has 0 radical (unpaired) electrons. The van der Waals surface area contributed by atoms with Gasteiger partial charge in [-0.25, -0.2) is 9.78 Å². The molecule has 0 amide bonds. The van der Waals surface area contributed by atoms with Gasteiger partial charge in [0.2, 0.25) is 0 Å². The second-order valence-electron chi connectivity index (χ2n) is 4.53. The number of hydrogen-bond acceptors (Lipinski definition) is 3. The molecule has 1 fully saturated rings. The Labute approximate surface area is 104 Å². The largest absolute Gasteiger partial charge is 0.478 e. The summed E-state index contributed by atoms with van der Waals surface area (Å²) in [5.74, 6) is -0.924. The molecule has 94 valence electrons. The van der Waals surface area contributed by atoms with Crippen LogP contribution in [-0.2, 0) is 4.74 Å². The number of imidazole rings is 1. The molecule has 1 aliphatic heterocycles. The first-order valence-corrected chi connectivity index (χ1v) is 6.03. The van der Waals surface area contributed by atoms with Gasteiger partial charge in [0.15, 0.2) is 0 Å². The minimum atomic E-state index is -0.924. The molecule has 18 heavy (non-hydrogen) atoms. The van der Waals surface area contributed by atoms with Crippen molar-refractivity contribution in [2.45, 2.75) is 18.9 Å². The van der Waals surface area contributed by atoms with Gasteiger partial charge < -0.3 is 14.4 Å². The third-order valence-corrected chi connectivity index (χ3v) is 3.35. The fourth-order valence-corrected chi connectivity index (χ4v) is 2.40. The van der Waals surface area contributed by atoms with E-state index in [1.54, 1.807) is 18.5 Å². The quantitative estimate of drug-likeness (QED) is 0.881. The molecule has 2 heterocycles. The first-order chi connectivity index (χ1) is 8.75. The van der Waals surface area contributed by atoms with Gasteiger partial charge in [0.05, 0.1) is 35.6 Å². The van der Waals surface area contributed by atoms with E-state index >= 15 is 0 Å². The molecule has 0 spiro atoms. The summed E-state index contributed by atoms with van der Waals surface area (Å²) in [6, 6.07) is 5.35. The number of carbonyl (C=O) groups is 1. The Balaban J connectivity index is 2.01. The van der Waals surface area contributed by atoms with E-state index in [0.29, 0.717) is 12.6 Å². The Morgan fingerprint density at radius 1 is 1.50 bits per heavy atom. The maximum atomic E-state index is 10.9. The van der Waals surface area contributed by atoms with E-state index in [4.69, 9.17) is 9.84 Å². The van der Waals surface area contributed by atoms with E-state index in [9.17, 15) is 4.79 Å². The van der Waals surface area contributed by atoms with Crippen molar-refractivity contribution in [3.05, 3.63) is 30.1 Å². The van der Waals surface area contributed by atoms with Gasteiger partial charge in [-0.1, -0.05) is 0 Å². The lowest BCUT2D eigenvalue weighted by Crippen LogP contribution is -2.20. The summed E-state index contributed by atoms with van der Waals surface area (Å²) in [5.41, 5.74) is 1.96. The molecule has 1 aliphatic rings. The molecule has 5 heteroatoms. The van der Waals surface area contributed by atoms with E-state index in [1.165, 1.54) is 0 Å². The van der Waals surface area contributed by atoms with Gasteiger partial charge in [-0.3, -0.25) is 0 Å². The number of aromatic nitrogens is 2. The van der Waals surface area contributed by atoms with Crippen molar-refractivity contribution in [2.24, 2.45) is 0 Å². The summed E-state index contributed by atoms with van der Waals surface area (Å²) in [6.07, 6.45) is 3.90. The van der Waals surface area contributed by atoms with Crippen LogP contribution in [0.5, 0.6) is 0 Å². The normalized spacial score (nSPS) is 20.1. The smallest absolute Gasteiger partial charge is 0.335 e. The van der Waals surface area contributed by atoms with E-state index in [-0.39, 0.29) is 5.56 Å². The van der Waals surface area contributed by atoms with Gasteiger partial charge in [0.25, 0.3) is 0 Å². The Kier molecular flexibility index (Phi) is 2.76.